The predicted octanol–water partition coefficient (Wildman–Crippen LogP) is 1.20. The molecule has 82 valence electrons. The van der Waals surface area contributed by atoms with Crippen LogP contribution in [0.2, 0.25) is 0 Å². The Bertz CT molecular complexity index is 201. The summed E-state index contributed by atoms with van der Waals surface area (Å²) in [5, 5.41) is 0. The normalized spacial score (nSPS) is 19.9. The summed E-state index contributed by atoms with van der Waals surface area (Å²) in [6, 6.07) is 0.486. The van der Waals surface area contributed by atoms with Crippen molar-refractivity contribution < 1.29 is 4.79 Å². The molecule has 3 nitrogen and oxygen atoms in total. The average Bonchev–Trinajstić information content (AvgIpc) is 2.07. The van der Waals surface area contributed by atoms with E-state index in [1.54, 1.807) is 0 Å². The molecule has 0 saturated carbocycles. The van der Waals surface area contributed by atoms with Crippen LogP contribution in [-0.4, -0.2) is 47.9 Å². The Morgan fingerprint density at radius 1 is 1.21 bits per heavy atom. The van der Waals surface area contributed by atoms with Crippen LogP contribution >= 0.6 is 0 Å². The van der Waals surface area contributed by atoms with Crippen molar-refractivity contribution in [2.75, 3.05) is 26.2 Å². The quantitative estimate of drug-likeness (QED) is 0.680. The maximum atomic E-state index is 11.7. The van der Waals surface area contributed by atoms with Crippen LogP contribution in [0, 0.1) is 5.92 Å². The molecule has 1 aliphatic rings. The van der Waals surface area contributed by atoms with Gasteiger partial charge in [-0.25, -0.2) is 0 Å². The van der Waals surface area contributed by atoms with Gasteiger partial charge in [0.2, 0.25) is 5.91 Å². The Labute approximate surface area is 87.1 Å². The van der Waals surface area contributed by atoms with Crippen molar-refractivity contribution in [2.45, 2.75) is 33.7 Å². The van der Waals surface area contributed by atoms with Gasteiger partial charge in [-0.2, -0.15) is 0 Å². The average molecular weight is 198 g/mol. The molecular formula is C11H22N2O. The molecule has 1 fully saturated rings. The number of nitrogens with zero attached hydrogens (tertiary/aromatic N) is 2. The Kier molecular flexibility index (Phi) is 3.93. The molecule has 14 heavy (non-hydrogen) atoms. The summed E-state index contributed by atoms with van der Waals surface area (Å²) >= 11 is 0. The zero-order chi connectivity index (χ0) is 10.7. The van der Waals surface area contributed by atoms with E-state index in [0.717, 1.165) is 19.6 Å². The smallest absolute Gasteiger partial charge is 0.236 e. The summed E-state index contributed by atoms with van der Waals surface area (Å²) in [6.07, 6.45) is 0. The lowest BCUT2D eigenvalue weighted by atomic mass is 10.1. The molecule has 0 aromatic rings. The van der Waals surface area contributed by atoms with Crippen molar-refractivity contribution in [1.82, 2.24) is 9.80 Å². The van der Waals surface area contributed by atoms with E-state index >= 15 is 0 Å². The van der Waals surface area contributed by atoms with Crippen LogP contribution in [0.4, 0.5) is 0 Å². The molecule has 0 N–H and O–H groups in total. The Morgan fingerprint density at radius 3 is 2.29 bits per heavy atom. The van der Waals surface area contributed by atoms with Gasteiger partial charge in [-0.15, -0.1) is 0 Å². The van der Waals surface area contributed by atoms with Gasteiger partial charge in [-0.1, -0.05) is 13.8 Å². The minimum Gasteiger partial charge on any atom is -0.340 e. The van der Waals surface area contributed by atoms with Gasteiger partial charge in [0, 0.05) is 25.7 Å². The second kappa shape index (κ2) is 4.78. The first-order valence-corrected chi connectivity index (χ1v) is 5.52. The lowest BCUT2D eigenvalue weighted by Gasteiger charge is -2.37. The van der Waals surface area contributed by atoms with E-state index in [1.165, 1.54) is 0 Å². The van der Waals surface area contributed by atoms with Crippen LogP contribution in [0.15, 0.2) is 0 Å². The van der Waals surface area contributed by atoms with E-state index < -0.39 is 0 Å². The Balaban J connectivity index is 2.44. The molecule has 1 heterocycles. The first-order chi connectivity index (χ1) is 6.50. The molecule has 0 unspecified atom stereocenters. The Morgan fingerprint density at radius 2 is 1.86 bits per heavy atom. The van der Waals surface area contributed by atoms with Crippen LogP contribution < -0.4 is 0 Å². The zero-order valence-corrected chi connectivity index (χ0v) is 9.79. The number of amides is 1. The maximum Gasteiger partial charge on any atom is 0.236 e. The van der Waals surface area contributed by atoms with Gasteiger partial charge in [0.1, 0.15) is 0 Å². The minimum atomic E-state index is 0.290. The third kappa shape index (κ3) is 2.98. The molecule has 0 aromatic carbocycles. The van der Waals surface area contributed by atoms with Gasteiger partial charge in [0.15, 0.2) is 0 Å². The highest BCUT2D eigenvalue weighted by molar-refractivity contribution is 5.79. The molecule has 0 bridgehead atoms. The summed E-state index contributed by atoms with van der Waals surface area (Å²) in [5.41, 5.74) is 0. The second-order valence-electron chi connectivity index (χ2n) is 4.80. The first kappa shape index (κ1) is 11.5. The first-order valence-electron chi connectivity index (χ1n) is 5.52. The molecule has 1 rings (SSSR count). The largest absolute Gasteiger partial charge is 0.340 e. The van der Waals surface area contributed by atoms with E-state index in [-0.39, 0.29) is 0 Å². The summed E-state index contributed by atoms with van der Waals surface area (Å²) in [5.74, 6) is 0.864. The van der Waals surface area contributed by atoms with Crippen LogP contribution in [0.25, 0.3) is 0 Å². The van der Waals surface area contributed by atoms with Crippen molar-refractivity contribution in [1.29, 1.82) is 0 Å². The predicted molar refractivity (Wildman–Crippen MR) is 58.1 cm³/mol. The van der Waals surface area contributed by atoms with Gasteiger partial charge >= 0.3 is 0 Å². The molecule has 0 aromatic heterocycles. The van der Waals surface area contributed by atoms with Gasteiger partial charge in [0.05, 0.1) is 6.54 Å². The van der Waals surface area contributed by atoms with Crippen molar-refractivity contribution >= 4 is 5.91 Å². The van der Waals surface area contributed by atoms with Crippen LogP contribution in [0.1, 0.15) is 27.7 Å². The summed E-state index contributed by atoms with van der Waals surface area (Å²) < 4.78 is 0. The van der Waals surface area contributed by atoms with Gasteiger partial charge in [0.25, 0.3) is 0 Å². The molecule has 3 heteroatoms. The Hall–Kier alpha value is -0.570. The van der Waals surface area contributed by atoms with E-state index in [0.29, 0.717) is 24.4 Å². The fraction of sp³-hybridized carbons (Fsp3) is 0.909. The SMILES string of the molecule is CC(C)CN1CCN(C(C)C)CC1=O. The third-order valence-corrected chi connectivity index (χ3v) is 2.66. The highest BCUT2D eigenvalue weighted by atomic mass is 16.2. The van der Waals surface area contributed by atoms with E-state index in [9.17, 15) is 4.79 Å². The van der Waals surface area contributed by atoms with Crippen LogP contribution in [0.5, 0.6) is 0 Å². The fourth-order valence-corrected chi connectivity index (χ4v) is 1.80. The monoisotopic (exact) mass is 198 g/mol. The van der Waals surface area contributed by atoms with Gasteiger partial charge in [-0.3, -0.25) is 9.69 Å². The lowest BCUT2D eigenvalue weighted by molar-refractivity contribution is -0.137. The highest BCUT2D eigenvalue weighted by Crippen LogP contribution is 2.08. The van der Waals surface area contributed by atoms with E-state index in [2.05, 4.69) is 32.6 Å². The maximum absolute atomic E-state index is 11.7. The number of hydrogen-bond acceptors (Lipinski definition) is 2. The van der Waals surface area contributed by atoms with Gasteiger partial charge < -0.3 is 4.90 Å². The number of rotatable bonds is 3. The summed E-state index contributed by atoms with van der Waals surface area (Å²) in [7, 11) is 0. The molecular weight excluding hydrogens is 176 g/mol. The lowest BCUT2D eigenvalue weighted by Crippen LogP contribution is -2.53. The summed E-state index contributed by atoms with van der Waals surface area (Å²) in [6.45, 7) is 12.0. The summed E-state index contributed by atoms with van der Waals surface area (Å²) in [4.78, 5) is 16.0. The number of carbonyl (C=O) groups is 1. The minimum absolute atomic E-state index is 0.290. The van der Waals surface area contributed by atoms with Crippen molar-refractivity contribution in [3.8, 4) is 0 Å². The molecule has 0 radical (unpaired) electrons. The molecule has 0 aliphatic carbocycles. The molecule has 1 aliphatic heterocycles. The fourth-order valence-electron chi connectivity index (χ4n) is 1.80. The molecule has 0 spiro atoms. The topological polar surface area (TPSA) is 23.6 Å². The second-order valence-corrected chi connectivity index (χ2v) is 4.80. The van der Waals surface area contributed by atoms with Crippen LogP contribution in [0.3, 0.4) is 0 Å². The van der Waals surface area contributed by atoms with Gasteiger partial charge in [-0.05, 0) is 19.8 Å². The van der Waals surface area contributed by atoms with Crippen molar-refractivity contribution in [3.05, 3.63) is 0 Å². The number of carbonyl (C=O) groups excluding carboxylic acids is 1. The molecule has 1 amide bonds. The van der Waals surface area contributed by atoms with Crippen molar-refractivity contribution in [3.63, 3.8) is 0 Å². The molecule has 0 atom stereocenters. The standard InChI is InChI=1S/C11H22N2O/c1-9(2)7-13-6-5-12(10(3)4)8-11(13)14/h9-10H,5-8H2,1-4H3. The highest BCUT2D eigenvalue weighted by Gasteiger charge is 2.25. The third-order valence-electron chi connectivity index (χ3n) is 2.66. The van der Waals surface area contributed by atoms with E-state index in [1.807, 2.05) is 4.90 Å². The van der Waals surface area contributed by atoms with E-state index in [4.69, 9.17) is 0 Å². The zero-order valence-electron chi connectivity index (χ0n) is 9.79. The molecule has 1 saturated heterocycles. The number of hydrogen-bond donors (Lipinski definition) is 0. The van der Waals surface area contributed by atoms with Crippen LogP contribution in [-0.2, 0) is 4.79 Å². The number of piperazine rings is 1. The van der Waals surface area contributed by atoms with Crippen molar-refractivity contribution in [2.24, 2.45) is 5.92 Å².